The van der Waals surface area contributed by atoms with Gasteiger partial charge in [-0.15, -0.1) is 0 Å². The first-order valence-electron chi connectivity index (χ1n) is 8.70. The summed E-state index contributed by atoms with van der Waals surface area (Å²) >= 11 is 0. The lowest BCUT2D eigenvalue weighted by atomic mass is 9.90. The fraction of sp³-hybridized carbons (Fsp3) is 0.238. The Morgan fingerprint density at radius 1 is 1.23 bits per heavy atom. The quantitative estimate of drug-likeness (QED) is 0.684. The van der Waals surface area contributed by atoms with Crippen LogP contribution in [-0.2, 0) is 11.2 Å². The number of ether oxygens (including phenoxy) is 1. The summed E-state index contributed by atoms with van der Waals surface area (Å²) in [4.78, 5) is 27.3. The molecule has 2 aromatic rings. The number of benzene rings is 2. The van der Waals surface area contributed by atoms with Crippen LogP contribution in [0.1, 0.15) is 27.5 Å². The predicted molar refractivity (Wildman–Crippen MR) is 98.0 cm³/mol. The molecule has 1 amide bonds. The molecule has 0 aliphatic carbocycles. The van der Waals surface area contributed by atoms with Crippen molar-refractivity contribution in [3.63, 3.8) is 0 Å². The summed E-state index contributed by atoms with van der Waals surface area (Å²) in [7, 11) is 1.56. The van der Waals surface area contributed by atoms with Crippen molar-refractivity contribution in [1.82, 2.24) is 10.2 Å². The van der Waals surface area contributed by atoms with Crippen molar-refractivity contribution >= 4 is 11.7 Å². The number of hydrogen-bond donors (Lipinski definition) is 1. The smallest absolute Gasteiger partial charge is 0.270 e. The predicted octanol–water partition coefficient (Wildman–Crippen LogP) is 2.49. The number of hydrogen-bond acceptors (Lipinski definition) is 4. The van der Waals surface area contributed by atoms with Gasteiger partial charge < -0.3 is 15.0 Å². The molecule has 0 aromatic heterocycles. The molecule has 2 aromatic carbocycles. The molecule has 2 aliphatic rings. The molecule has 5 heteroatoms. The van der Waals surface area contributed by atoms with E-state index in [1.54, 1.807) is 31.4 Å². The van der Waals surface area contributed by atoms with Crippen LogP contribution in [0.3, 0.4) is 0 Å². The zero-order valence-electron chi connectivity index (χ0n) is 14.6. The number of methoxy groups -OCH3 is 1. The Bertz CT molecular complexity index is 904. The Balaban J connectivity index is 1.58. The molecule has 0 radical (unpaired) electrons. The van der Waals surface area contributed by atoms with Gasteiger partial charge in [-0.25, -0.2) is 0 Å². The second-order valence-electron chi connectivity index (χ2n) is 6.50. The minimum atomic E-state index is -0.212. The van der Waals surface area contributed by atoms with E-state index < -0.39 is 0 Å². The Labute approximate surface area is 152 Å². The summed E-state index contributed by atoms with van der Waals surface area (Å²) in [5, 5.41) is 3.16. The van der Waals surface area contributed by atoms with E-state index in [2.05, 4.69) is 17.4 Å². The molecule has 0 bridgehead atoms. The van der Waals surface area contributed by atoms with Crippen LogP contribution < -0.4 is 10.1 Å². The molecule has 1 saturated heterocycles. The van der Waals surface area contributed by atoms with E-state index in [9.17, 15) is 9.59 Å². The van der Waals surface area contributed by atoms with Crippen LogP contribution in [-0.4, -0.2) is 36.8 Å². The average molecular weight is 348 g/mol. The molecule has 1 N–H and O–H groups in total. The third-order valence-electron chi connectivity index (χ3n) is 5.02. The van der Waals surface area contributed by atoms with E-state index in [-0.39, 0.29) is 17.7 Å². The van der Waals surface area contributed by atoms with Gasteiger partial charge in [0.2, 0.25) is 0 Å². The molecule has 2 aliphatic heterocycles. The second kappa shape index (κ2) is 6.67. The maximum Gasteiger partial charge on any atom is 0.270 e. The molecule has 0 saturated carbocycles. The highest BCUT2D eigenvalue weighted by atomic mass is 16.5. The lowest BCUT2D eigenvalue weighted by Gasteiger charge is -2.41. The SMILES string of the molecule is COc1cccc(C(=O)/C=C2/NC[C@@H]3c4ccccc4CCN3C2=O)c1. The van der Waals surface area contributed by atoms with Crippen LogP contribution in [0.15, 0.2) is 60.3 Å². The van der Waals surface area contributed by atoms with Crippen LogP contribution in [0.4, 0.5) is 0 Å². The van der Waals surface area contributed by atoms with Crippen molar-refractivity contribution in [2.75, 3.05) is 20.2 Å². The van der Waals surface area contributed by atoms with Crippen molar-refractivity contribution in [3.8, 4) is 5.75 Å². The summed E-state index contributed by atoms with van der Waals surface area (Å²) in [5.41, 5.74) is 3.34. The number of rotatable bonds is 3. The van der Waals surface area contributed by atoms with Gasteiger partial charge in [-0.3, -0.25) is 9.59 Å². The number of allylic oxidation sites excluding steroid dienone is 1. The fourth-order valence-electron chi connectivity index (χ4n) is 3.66. The highest BCUT2D eigenvalue weighted by molar-refractivity contribution is 6.09. The number of piperazine rings is 1. The van der Waals surface area contributed by atoms with Crippen LogP contribution in [0, 0.1) is 0 Å². The molecule has 2 heterocycles. The molecule has 26 heavy (non-hydrogen) atoms. The largest absolute Gasteiger partial charge is 0.497 e. The van der Waals surface area contributed by atoms with E-state index >= 15 is 0 Å². The number of carbonyl (C=O) groups is 2. The standard InChI is InChI=1S/C21H20N2O3/c1-26-16-7-4-6-15(11-16)20(24)12-18-21(25)23-10-9-14-5-2-3-8-17(14)19(23)13-22-18/h2-8,11-12,19,22H,9-10,13H2,1H3/b18-12+/t19-/m1/s1. The van der Waals surface area contributed by atoms with Gasteiger partial charge in [0, 0.05) is 24.7 Å². The summed E-state index contributed by atoms with van der Waals surface area (Å²) in [6.45, 7) is 1.28. The summed E-state index contributed by atoms with van der Waals surface area (Å²) < 4.78 is 5.16. The maximum absolute atomic E-state index is 12.9. The molecule has 5 nitrogen and oxygen atoms in total. The molecule has 0 unspecified atom stereocenters. The van der Waals surface area contributed by atoms with Gasteiger partial charge in [0.05, 0.1) is 13.2 Å². The Hall–Kier alpha value is -3.08. The number of ketones is 1. The Kier molecular flexibility index (Phi) is 4.21. The van der Waals surface area contributed by atoms with E-state index in [4.69, 9.17) is 4.74 Å². The lowest BCUT2D eigenvalue weighted by Crippen LogP contribution is -2.51. The fourth-order valence-corrected chi connectivity index (χ4v) is 3.66. The van der Waals surface area contributed by atoms with Gasteiger partial charge in [-0.05, 0) is 29.7 Å². The van der Waals surface area contributed by atoms with Gasteiger partial charge in [0.25, 0.3) is 5.91 Å². The normalized spacial score (nSPS) is 20.2. The molecule has 1 atom stereocenters. The topological polar surface area (TPSA) is 58.6 Å². The van der Waals surface area contributed by atoms with Crippen LogP contribution in [0.25, 0.3) is 0 Å². The molecular weight excluding hydrogens is 328 g/mol. The first-order chi connectivity index (χ1) is 12.7. The van der Waals surface area contributed by atoms with Crippen molar-refractivity contribution in [2.45, 2.75) is 12.5 Å². The molecule has 1 fully saturated rings. The monoisotopic (exact) mass is 348 g/mol. The molecule has 132 valence electrons. The number of carbonyl (C=O) groups excluding carboxylic acids is 2. The van der Waals surface area contributed by atoms with E-state index in [1.807, 2.05) is 17.0 Å². The maximum atomic E-state index is 12.9. The first kappa shape index (κ1) is 16.4. The van der Waals surface area contributed by atoms with Crippen molar-refractivity contribution in [3.05, 3.63) is 77.0 Å². The zero-order chi connectivity index (χ0) is 18.1. The molecule has 4 rings (SSSR count). The van der Waals surface area contributed by atoms with Gasteiger partial charge in [0.15, 0.2) is 5.78 Å². The number of nitrogens with zero attached hydrogens (tertiary/aromatic N) is 1. The van der Waals surface area contributed by atoms with E-state index in [1.165, 1.54) is 17.2 Å². The van der Waals surface area contributed by atoms with E-state index in [0.29, 0.717) is 30.1 Å². The van der Waals surface area contributed by atoms with Gasteiger partial charge in [-0.2, -0.15) is 0 Å². The summed E-state index contributed by atoms with van der Waals surface area (Å²) in [6.07, 6.45) is 2.24. The highest BCUT2D eigenvalue weighted by Gasteiger charge is 2.36. The van der Waals surface area contributed by atoms with Crippen LogP contribution >= 0.6 is 0 Å². The van der Waals surface area contributed by atoms with Gasteiger partial charge in [0.1, 0.15) is 11.4 Å². The van der Waals surface area contributed by atoms with Crippen LogP contribution in [0.2, 0.25) is 0 Å². The lowest BCUT2D eigenvalue weighted by molar-refractivity contribution is -0.132. The summed E-state index contributed by atoms with van der Waals surface area (Å²) in [5.74, 6) is 0.285. The Morgan fingerprint density at radius 2 is 2.08 bits per heavy atom. The van der Waals surface area contributed by atoms with Crippen molar-refractivity contribution in [2.24, 2.45) is 0 Å². The van der Waals surface area contributed by atoms with E-state index in [0.717, 1.165) is 6.42 Å². The van der Waals surface area contributed by atoms with Crippen molar-refractivity contribution in [1.29, 1.82) is 0 Å². The van der Waals surface area contributed by atoms with Crippen LogP contribution in [0.5, 0.6) is 5.75 Å². The zero-order valence-corrected chi connectivity index (χ0v) is 14.6. The molecule has 0 spiro atoms. The Morgan fingerprint density at radius 3 is 2.92 bits per heavy atom. The van der Waals surface area contributed by atoms with Gasteiger partial charge in [-0.1, -0.05) is 36.4 Å². The average Bonchev–Trinajstić information content (AvgIpc) is 2.69. The minimum absolute atomic E-state index is 0.0246. The van der Waals surface area contributed by atoms with Crippen molar-refractivity contribution < 1.29 is 14.3 Å². The number of amides is 1. The minimum Gasteiger partial charge on any atom is -0.497 e. The number of fused-ring (bicyclic) bond motifs is 3. The third-order valence-corrected chi connectivity index (χ3v) is 5.02. The van der Waals surface area contributed by atoms with Gasteiger partial charge >= 0.3 is 0 Å². The third kappa shape index (κ3) is 2.86. The number of nitrogens with one attached hydrogen (secondary N) is 1. The molecular formula is C21H20N2O3. The second-order valence-corrected chi connectivity index (χ2v) is 6.50. The summed E-state index contributed by atoms with van der Waals surface area (Å²) in [6, 6.07) is 15.2. The first-order valence-corrected chi connectivity index (χ1v) is 8.70. The highest BCUT2D eigenvalue weighted by Crippen LogP contribution is 2.32.